The average Bonchev–Trinajstić information content (AvgIpc) is 2.29. The maximum Gasteiger partial charge on any atom is 0.239 e. The third kappa shape index (κ3) is 1.73. The van der Waals surface area contributed by atoms with Gasteiger partial charge in [-0.1, -0.05) is 31.6 Å². The molecule has 3 heteroatoms. The molecule has 73 valence electrons. The zero-order valence-electron chi connectivity index (χ0n) is 8.70. The minimum atomic E-state index is 0.980. The van der Waals surface area contributed by atoms with Crippen LogP contribution in [0.15, 0.2) is 37.0 Å². The lowest BCUT2D eigenvalue weighted by Gasteiger charge is -2.07. The van der Waals surface area contributed by atoms with Crippen LogP contribution in [0.5, 0.6) is 0 Å². The molecule has 0 aliphatic heterocycles. The Morgan fingerprint density at radius 1 is 1.40 bits per heavy atom. The number of rotatable bonds is 3. The number of hydrogen-bond acceptors (Lipinski definition) is 2. The number of benzene rings is 1. The molecule has 0 aliphatic rings. The van der Waals surface area contributed by atoms with Crippen LogP contribution in [0.25, 0.3) is 17.0 Å². The summed E-state index contributed by atoms with van der Waals surface area (Å²) in [6.07, 6.45) is 3.66. The van der Waals surface area contributed by atoms with Gasteiger partial charge in [-0.15, -0.1) is 0 Å². The first-order chi connectivity index (χ1) is 7.36. The fraction of sp³-hybridized carbons (Fsp3) is 0.0833. The van der Waals surface area contributed by atoms with Crippen molar-refractivity contribution >= 4 is 30.1 Å². The summed E-state index contributed by atoms with van der Waals surface area (Å²) in [4.78, 5) is 4.38. The van der Waals surface area contributed by atoms with E-state index in [9.17, 15) is 0 Å². The third-order valence-corrected chi connectivity index (χ3v) is 2.32. The Morgan fingerprint density at radius 2 is 2.27 bits per heavy atom. The lowest BCUT2D eigenvalue weighted by atomic mass is 9.98. The van der Waals surface area contributed by atoms with E-state index in [4.69, 9.17) is 0 Å². The van der Waals surface area contributed by atoms with Crippen molar-refractivity contribution in [3.63, 3.8) is 0 Å². The summed E-state index contributed by atoms with van der Waals surface area (Å²) in [7, 11) is 1.90. The minimum Gasteiger partial charge on any atom is -0.430 e. The molecule has 15 heavy (non-hydrogen) atoms. The predicted octanol–water partition coefficient (Wildman–Crippen LogP) is 2.96. The van der Waals surface area contributed by atoms with Gasteiger partial charge in [0, 0.05) is 17.3 Å². The maximum atomic E-state index is 4.38. The Hall–Kier alpha value is -1.77. The van der Waals surface area contributed by atoms with Gasteiger partial charge in [0.15, 0.2) is 0 Å². The van der Waals surface area contributed by atoms with Crippen LogP contribution in [0.4, 0.5) is 5.69 Å². The van der Waals surface area contributed by atoms with E-state index in [1.807, 2.05) is 38.5 Å². The Kier molecular flexibility index (Phi) is 2.72. The Balaban J connectivity index is 2.70. The maximum absolute atomic E-state index is 4.38. The highest BCUT2D eigenvalue weighted by Gasteiger charge is 2.02. The topological polar surface area (TPSA) is 24.9 Å². The monoisotopic (exact) mass is 195 g/mol. The van der Waals surface area contributed by atoms with Gasteiger partial charge in [-0.3, -0.25) is 4.98 Å². The van der Waals surface area contributed by atoms with E-state index in [1.54, 1.807) is 6.20 Å². The molecule has 1 aromatic heterocycles. The summed E-state index contributed by atoms with van der Waals surface area (Å²) in [5.41, 5.74) is 3.12. The Labute approximate surface area is 90.3 Å². The van der Waals surface area contributed by atoms with Gasteiger partial charge in [-0.05, 0) is 17.7 Å². The van der Waals surface area contributed by atoms with Crippen LogP contribution in [0, 0.1) is 0 Å². The SMILES string of the molecule is C=Cc1ccnc2c(N[B]C)cccc12. The van der Waals surface area contributed by atoms with Gasteiger partial charge in [0.2, 0.25) is 7.41 Å². The number of fused-ring (bicyclic) bond motifs is 1. The molecule has 2 rings (SSSR count). The minimum absolute atomic E-state index is 0.980. The lowest BCUT2D eigenvalue weighted by molar-refractivity contribution is 1.40. The molecule has 0 spiro atoms. The number of pyridine rings is 1. The van der Waals surface area contributed by atoms with Crippen molar-refractivity contribution in [3.8, 4) is 0 Å². The Morgan fingerprint density at radius 3 is 3.00 bits per heavy atom. The van der Waals surface area contributed by atoms with Crippen LogP contribution in [-0.4, -0.2) is 12.4 Å². The molecule has 0 unspecified atom stereocenters. The highest BCUT2D eigenvalue weighted by molar-refractivity contribution is 6.39. The third-order valence-electron chi connectivity index (χ3n) is 2.32. The molecular formula is C12H12BN2. The molecule has 0 aliphatic carbocycles. The van der Waals surface area contributed by atoms with E-state index < -0.39 is 0 Å². The van der Waals surface area contributed by atoms with Gasteiger partial charge in [-0.2, -0.15) is 0 Å². The van der Waals surface area contributed by atoms with Crippen molar-refractivity contribution in [1.29, 1.82) is 0 Å². The van der Waals surface area contributed by atoms with Crippen LogP contribution in [-0.2, 0) is 0 Å². The molecule has 2 aromatic rings. The number of aromatic nitrogens is 1. The van der Waals surface area contributed by atoms with Crippen molar-refractivity contribution in [2.24, 2.45) is 0 Å². The van der Waals surface area contributed by atoms with E-state index in [1.165, 1.54) is 0 Å². The summed E-state index contributed by atoms with van der Waals surface area (Å²) in [6.45, 7) is 5.76. The summed E-state index contributed by atoms with van der Waals surface area (Å²) >= 11 is 0. The van der Waals surface area contributed by atoms with Crippen molar-refractivity contribution < 1.29 is 0 Å². The predicted molar refractivity (Wildman–Crippen MR) is 67.1 cm³/mol. The molecule has 1 aromatic carbocycles. The molecule has 1 N–H and O–H groups in total. The number of hydrogen-bond donors (Lipinski definition) is 1. The van der Waals surface area contributed by atoms with E-state index in [2.05, 4.69) is 22.9 Å². The molecule has 0 amide bonds. The molecule has 0 bridgehead atoms. The standard InChI is InChI=1S/C12H12BN2/c1-3-9-7-8-14-12-10(9)5-4-6-11(12)15-13-2/h3-8,15H,1H2,2H3. The van der Waals surface area contributed by atoms with Crippen LogP contribution in [0.3, 0.4) is 0 Å². The Bertz CT molecular complexity index is 494. The van der Waals surface area contributed by atoms with Crippen molar-refractivity contribution in [1.82, 2.24) is 4.98 Å². The first kappa shape index (κ1) is 9.78. The highest BCUT2D eigenvalue weighted by atomic mass is 14.8. The zero-order chi connectivity index (χ0) is 10.7. The van der Waals surface area contributed by atoms with E-state index in [0.29, 0.717) is 0 Å². The van der Waals surface area contributed by atoms with Gasteiger partial charge in [-0.25, -0.2) is 0 Å². The highest BCUT2D eigenvalue weighted by Crippen LogP contribution is 2.24. The second-order valence-corrected chi connectivity index (χ2v) is 3.24. The number of anilines is 1. The molecule has 2 nitrogen and oxygen atoms in total. The average molecular weight is 195 g/mol. The van der Waals surface area contributed by atoms with Gasteiger partial charge in [0.1, 0.15) is 0 Å². The molecular weight excluding hydrogens is 183 g/mol. The number of nitrogens with zero attached hydrogens (tertiary/aromatic N) is 1. The zero-order valence-corrected chi connectivity index (χ0v) is 8.70. The van der Waals surface area contributed by atoms with Crippen LogP contribution in [0.1, 0.15) is 5.56 Å². The van der Waals surface area contributed by atoms with E-state index in [0.717, 1.165) is 22.2 Å². The fourth-order valence-electron chi connectivity index (χ4n) is 1.65. The van der Waals surface area contributed by atoms with Gasteiger partial charge < -0.3 is 5.23 Å². The smallest absolute Gasteiger partial charge is 0.239 e. The van der Waals surface area contributed by atoms with Crippen LogP contribution >= 0.6 is 0 Å². The molecule has 0 saturated carbocycles. The summed E-state index contributed by atoms with van der Waals surface area (Å²) in [5, 5.41) is 4.30. The number of para-hydroxylation sites is 1. The summed E-state index contributed by atoms with van der Waals surface area (Å²) in [5.74, 6) is 0. The van der Waals surface area contributed by atoms with Crippen molar-refractivity contribution in [3.05, 3.63) is 42.6 Å². The number of nitrogens with one attached hydrogen (secondary N) is 1. The van der Waals surface area contributed by atoms with Gasteiger partial charge in [0.05, 0.1) is 5.52 Å². The van der Waals surface area contributed by atoms with E-state index in [-0.39, 0.29) is 0 Å². The summed E-state index contributed by atoms with van der Waals surface area (Å²) in [6, 6.07) is 8.06. The van der Waals surface area contributed by atoms with Gasteiger partial charge >= 0.3 is 0 Å². The van der Waals surface area contributed by atoms with Gasteiger partial charge in [0.25, 0.3) is 0 Å². The van der Waals surface area contributed by atoms with E-state index >= 15 is 0 Å². The first-order valence-electron chi connectivity index (χ1n) is 4.91. The first-order valence-corrected chi connectivity index (χ1v) is 4.91. The molecule has 0 saturated heterocycles. The second kappa shape index (κ2) is 4.17. The molecule has 0 fully saturated rings. The fourth-order valence-corrected chi connectivity index (χ4v) is 1.65. The quantitative estimate of drug-likeness (QED) is 0.761. The van der Waals surface area contributed by atoms with Crippen LogP contribution in [0.2, 0.25) is 6.82 Å². The molecule has 0 atom stereocenters. The van der Waals surface area contributed by atoms with Crippen LogP contribution < -0.4 is 5.23 Å². The summed E-state index contributed by atoms with van der Waals surface area (Å²) < 4.78 is 0. The van der Waals surface area contributed by atoms with Crippen molar-refractivity contribution in [2.75, 3.05) is 5.23 Å². The molecule has 1 radical (unpaired) electrons. The largest absolute Gasteiger partial charge is 0.430 e. The second-order valence-electron chi connectivity index (χ2n) is 3.24. The lowest BCUT2D eigenvalue weighted by Crippen LogP contribution is -2.01. The molecule has 1 heterocycles. The normalized spacial score (nSPS) is 9.93. The van der Waals surface area contributed by atoms with Crippen molar-refractivity contribution in [2.45, 2.75) is 6.82 Å².